The van der Waals surface area contributed by atoms with Gasteiger partial charge in [-0.2, -0.15) is 0 Å². The molecule has 1 saturated heterocycles. The maximum absolute atomic E-state index is 10.9. The second kappa shape index (κ2) is 3.52. The van der Waals surface area contributed by atoms with E-state index in [-0.39, 0.29) is 18.0 Å². The number of hydrogen-bond acceptors (Lipinski definition) is 2. The van der Waals surface area contributed by atoms with Crippen molar-refractivity contribution >= 4 is 22.2 Å². The number of nitrogens with one attached hydrogen (secondary N) is 2. The van der Waals surface area contributed by atoms with Crippen LogP contribution in [-0.4, -0.2) is 28.2 Å². The Balaban J connectivity index is 2.34. The van der Waals surface area contributed by atoms with Crippen LogP contribution in [0.2, 0.25) is 6.04 Å². The Bertz CT molecular complexity index is 183. The van der Waals surface area contributed by atoms with Crippen molar-refractivity contribution in [2.24, 2.45) is 0 Å². The van der Waals surface area contributed by atoms with Gasteiger partial charge in [0.2, 0.25) is 0 Å². The number of imide groups is 1. The average molecular weight is 172 g/mol. The smallest absolute Gasteiger partial charge is 0.322 e. The molecule has 1 aliphatic rings. The van der Waals surface area contributed by atoms with Crippen LogP contribution in [0.1, 0.15) is 12.8 Å². The molecule has 1 heterocycles. The fourth-order valence-electron chi connectivity index (χ4n) is 1.07. The quantitative estimate of drug-likeness (QED) is 0.413. The maximum Gasteiger partial charge on any atom is 0.322 e. The number of amides is 3. The van der Waals surface area contributed by atoms with Crippen molar-refractivity contribution in [1.29, 1.82) is 0 Å². The van der Waals surface area contributed by atoms with E-state index in [1.807, 2.05) is 0 Å². The summed E-state index contributed by atoms with van der Waals surface area (Å²) in [5.74, 6) is -0.176. The summed E-state index contributed by atoms with van der Waals surface area (Å²) in [7, 11) is 1.16. The van der Waals surface area contributed by atoms with Crippen LogP contribution in [0, 0.1) is 0 Å². The van der Waals surface area contributed by atoms with Crippen LogP contribution in [0.15, 0.2) is 0 Å². The Morgan fingerprint density at radius 2 is 2.18 bits per heavy atom. The summed E-state index contributed by atoms with van der Waals surface area (Å²) in [6.07, 6.45) is 1.81. The second-order valence-electron chi connectivity index (χ2n) is 2.66. The monoisotopic (exact) mass is 172 g/mol. The van der Waals surface area contributed by atoms with Crippen molar-refractivity contribution in [3.63, 3.8) is 0 Å². The van der Waals surface area contributed by atoms with Crippen LogP contribution in [0.5, 0.6) is 0 Å². The molecule has 11 heavy (non-hydrogen) atoms. The molecule has 1 atom stereocenters. The van der Waals surface area contributed by atoms with Crippen molar-refractivity contribution in [3.8, 4) is 0 Å². The molecule has 0 aromatic carbocycles. The third-order valence-electron chi connectivity index (χ3n) is 1.70. The Kier molecular flexibility index (Phi) is 2.64. The fraction of sp³-hybridized carbons (Fsp3) is 0.667. The Hall–Kier alpha value is -0.843. The van der Waals surface area contributed by atoms with Crippen molar-refractivity contribution in [1.82, 2.24) is 10.6 Å². The molecule has 2 N–H and O–H groups in total. The van der Waals surface area contributed by atoms with Crippen LogP contribution in [0.3, 0.4) is 0 Å². The molecule has 0 bridgehead atoms. The molecule has 0 radical (unpaired) electrons. The topological polar surface area (TPSA) is 58.2 Å². The lowest BCUT2D eigenvalue weighted by atomic mass is 10.2. The van der Waals surface area contributed by atoms with Gasteiger partial charge in [0.1, 0.15) is 6.04 Å². The van der Waals surface area contributed by atoms with E-state index in [0.29, 0.717) is 0 Å². The van der Waals surface area contributed by atoms with Gasteiger partial charge in [-0.1, -0.05) is 12.5 Å². The van der Waals surface area contributed by atoms with Gasteiger partial charge < -0.3 is 5.32 Å². The van der Waals surface area contributed by atoms with Crippen molar-refractivity contribution in [2.75, 3.05) is 0 Å². The van der Waals surface area contributed by atoms with Crippen molar-refractivity contribution in [3.05, 3.63) is 0 Å². The van der Waals surface area contributed by atoms with Crippen LogP contribution in [0.4, 0.5) is 4.79 Å². The van der Waals surface area contributed by atoms with E-state index < -0.39 is 0 Å². The predicted molar refractivity (Wildman–Crippen MR) is 44.4 cm³/mol. The maximum atomic E-state index is 10.9. The lowest BCUT2D eigenvalue weighted by Gasteiger charge is -2.03. The molecular formula is C6H12N2O2Si. The Morgan fingerprint density at radius 3 is 2.64 bits per heavy atom. The van der Waals surface area contributed by atoms with E-state index in [1.54, 1.807) is 0 Å². The first-order valence-electron chi connectivity index (χ1n) is 3.85. The zero-order chi connectivity index (χ0) is 8.27. The Morgan fingerprint density at radius 1 is 1.45 bits per heavy atom. The summed E-state index contributed by atoms with van der Waals surface area (Å²) < 4.78 is 0. The third-order valence-corrected chi connectivity index (χ3v) is 2.41. The summed E-state index contributed by atoms with van der Waals surface area (Å²) >= 11 is 0. The molecule has 1 fully saturated rings. The third kappa shape index (κ3) is 2.04. The minimum atomic E-state index is -0.353. The van der Waals surface area contributed by atoms with Gasteiger partial charge in [0.05, 0.1) is 0 Å². The molecule has 0 aliphatic carbocycles. The summed E-state index contributed by atoms with van der Waals surface area (Å²) in [6, 6.07) is 0.560. The van der Waals surface area contributed by atoms with Crippen LogP contribution < -0.4 is 10.6 Å². The highest BCUT2D eigenvalue weighted by Gasteiger charge is 2.28. The molecule has 1 rings (SSSR count). The predicted octanol–water partition coefficient (Wildman–Crippen LogP) is -1.24. The van der Waals surface area contributed by atoms with Crippen molar-refractivity contribution in [2.45, 2.75) is 24.9 Å². The van der Waals surface area contributed by atoms with E-state index in [0.717, 1.165) is 23.1 Å². The molecule has 0 aromatic rings. The minimum absolute atomic E-state index is 0.176. The first kappa shape index (κ1) is 8.26. The highest BCUT2D eigenvalue weighted by Crippen LogP contribution is 2.03. The molecule has 4 nitrogen and oxygen atoms in total. The summed E-state index contributed by atoms with van der Waals surface area (Å²) in [4.78, 5) is 21.5. The van der Waals surface area contributed by atoms with E-state index in [4.69, 9.17) is 0 Å². The van der Waals surface area contributed by atoms with Gasteiger partial charge in [0.25, 0.3) is 5.91 Å². The van der Waals surface area contributed by atoms with Crippen LogP contribution in [-0.2, 0) is 4.79 Å². The van der Waals surface area contributed by atoms with Gasteiger partial charge in [0, 0.05) is 10.2 Å². The van der Waals surface area contributed by atoms with Gasteiger partial charge in [-0.25, -0.2) is 4.79 Å². The van der Waals surface area contributed by atoms with Gasteiger partial charge >= 0.3 is 6.03 Å². The van der Waals surface area contributed by atoms with Gasteiger partial charge in [-0.05, 0) is 6.42 Å². The van der Waals surface area contributed by atoms with Gasteiger partial charge in [-0.15, -0.1) is 0 Å². The highest BCUT2D eigenvalue weighted by molar-refractivity contribution is 6.08. The molecular weight excluding hydrogens is 160 g/mol. The van der Waals surface area contributed by atoms with Gasteiger partial charge in [0.15, 0.2) is 0 Å². The zero-order valence-electron chi connectivity index (χ0n) is 6.52. The van der Waals surface area contributed by atoms with E-state index in [9.17, 15) is 9.59 Å². The molecule has 62 valence electrons. The lowest BCUT2D eigenvalue weighted by molar-refractivity contribution is -0.120. The standard InChI is InChI=1S/C6H12N2O2Si/c9-5-4(2-1-3-11)7-6(10)8-5/h4H,1-3H2,11H3,(H2,7,8,9,10). The molecule has 5 heteroatoms. The zero-order valence-corrected chi connectivity index (χ0v) is 8.52. The molecule has 0 saturated carbocycles. The number of hydrogen-bond donors (Lipinski definition) is 2. The second-order valence-corrected chi connectivity index (χ2v) is 3.66. The van der Waals surface area contributed by atoms with E-state index >= 15 is 0 Å². The van der Waals surface area contributed by atoms with E-state index in [1.165, 1.54) is 6.04 Å². The summed E-state index contributed by atoms with van der Waals surface area (Å²) in [5.41, 5.74) is 0. The first-order chi connectivity index (χ1) is 5.24. The molecule has 1 aliphatic heterocycles. The molecule has 1 unspecified atom stereocenters. The molecule has 3 amide bonds. The molecule has 0 spiro atoms. The van der Waals surface area contributed by atoms with E-state index in [2.05, 4.69) is 10.6 Å². The largest absolute Gasteiger partial charge is 0.326 e. The number of rotatable bonds is 3. The number of carbonyl (C=O) groups excluding carboxylic acids is 2. The number of urea groups is 1. The Labute approximate surface area is 68.2 Å². The summed E-state index contributed by atoms with van der Waals surface area (Å²) in [5, 5.41) is 4.75. The van der Waals surface area contributed by atoms with Crippen LogP contribution >= 0.6 is 0 Å². The van der Waals surface area contributed by atoms with Crippen molar-refractivity contribution < 1.29 is 9.59 Å². The first-order valence-corrected chi connectivity index (χ1v) is 5.27. The molecule has 0 aromatic heterocycles. The van der Waals surface area contributed by atoms with Crippen LogP contribution in [0.25, 0.3) is 0 Å². The minimum Gasteiger partial charge on any atom is -0.326 e. The number of carbonyl (C=O) groups is 2. The SMILES string of the molecule is O=C1NC(=O)C(CCC[SiH3])N1. The fourth-order valence-corrected chi connectivity index (χ4v) is 1.48. The average Bonchev–Trinajstić information content (AvgIpc) is 2.26. The van der Waals surface area contributed by atoms with Gasteiger partial charge in [-0.3, -0.25) is 10.1 Å². The lowest BCUT2D eigenvalue weighted by Crippen LogP contribution is -2.28. The highest BCUT2D eigenvalue weighted by atomic mass is 28.1. The normalized spacial score (nSPS) is 23.5. The summed E-state index contributed by atoms with van der Waals surface area (Å²) in [6.45, 7) is 0.